The molecule has 2 N–H and O–H groups in total. The highest BCUT2D eigenvalue weighted by molar-refractivity contribution is 9.10. The first-order valence-electron chi connectivity index (χ1n) is 5.63. The van der Waals surface area contributed by atoms with Crippen molar-refractivity contribution in [3.63, 3.8) is 0 Å². The Morgan fingerprint density at radius 1 is 1.50 bits per heavy atom. The van der Waals surface area contributed by atoms with Gasteiger partial charge in [0.25, 0.3) is 5.91 Å². The van der Waals surface area contributed by atoms with Gasteiger partial charge in [0.1, 0.15) is 5.69 Å². The van der Waals surface area contributed by atoms with Crippen LogP contribution in [0.4, 0.5) is 0 Å². The minimum Gasteiger partial charge on any atom is -0.481 e. The van der Waals surface area contributed by atoms with Crippen molar-refractivity contribution in [2.75, 3.05) is 6.54 Å². The molecule has 1 atom stereocenters. The number of carbonyl (C=O) groups is 2. The van der Waals surface area contributed by atoms with Crippen LogP contribution < -0.4 is 5.32 Å². The average Bonchev–Trinajstić information content (AvgIpc) is 2.34. The smallest absolute Gasteiger partial charge is 0.306 e. The Morgan fingerprint density at radius 3 is 2.78 bits per heavy atom. The van der Waals surface area contributed by atoms with Crippen LogP contribution >= 0.6 is 15.9 Å². The van der Waals surface area contributed by atoms with Crippen LogP contribution in [-0.4, -0.2) is 28.5 Å². The van der Waals surface area contributed by atoms with Crippen LogP contribution in [0.1, 0.15) is 30.3 Å². The molecular formula is C12H15BrN2O3. The van der Waals surface area contributed by atoms with Gasteiger partial charge in [-0.25, -0.2) is 4.98 Å². The molecule has 6 heteroatoms. The third-order valence-electron chi connectivity index (χ3n) is 2.48. The van der Waals surface area contributed by atoms with Crippen molar-refractivity contribution in [1.82, 2.24) is 10.3 Å². The maximum atomic E-state index is 11.6. The van der Waals surface area contributed by atoms with Crippen molar-refractivity contribution < 1.29 is 14.7 Å². The molecular weight excluding hydrogens is 300 g/mol. The van der Waals surface area contributed by atoms with Gasteiger partial charge < -0.3 is 10.4 Å². The summed E-state index contributed by atoms with van der Waals surface area (Å²) in [5, 5.41) is 11.4. The number of pyridine rings is 1. The molecule has 0 saturated heterocycles. The molecule has 0 radical (unpaired) electrons. The van der Waals surface area contributed by atoms with Gasteiger partial charge in [0.05, 0.1) is 5.92 Å². The Labute approximate surface area is 114 Å². The zero-order valence-corrected chi connectivity index (χ0v) is 11.6. The zero-order chi connectivity index (χ0) is 13.5. The number of amides is 1. The van der Waals surface area contributed by atoms with Gasteiger partial charge in [-0.3, -0.25) is 9.59 Å². The first-order chi connectivity index (χ1) is 8.50. The summed E-state index contributed by atoms with van der Waals surface area (Å²) in [6, 6.07) is 3.37. The van der Waals surface area contributed by atoms with Gasteiger partial charge in [0.2, 0.25) is 0 Å². The summed E-state index contributed by atoms with van der Waals surface area (Å²) < 4.78 is 0.814. The summed E-state index contributed by atoms with van der Waals surface area (Å²) >= 11 is 3.24. The topological polar surface area (TPSA) is 79.3 Å². The van der Waals surface area contributed by atoms with Crippen molar-refractivity contribution in [2.45, 2.75) is 19.8 Å². The maximum absolute atomic E-state index is 11.6. The Balaban J connectivity index is 2.29. The lowest BCUT2D eigenvalue weighted by Crippen LogP contribution is -2.26. The average molecular weight is 315 g/mol. The Morgan fingerprint density at radius 2 is 2.22 bits per heavy atom. The number of hydrogen-bond acceptors (Lipinski definition) is 3. The predicted octanol–water partition coefficient (Wildman–Crippen LogP) is 2.07. The van der Waals surface area contributed by atoms with E-state index < -0.39 is 5.97 Å². The summed E-state index contributed by atoms with van der Waals surface area (Å²) in [4.78, 5) is 26.2. The number of carboxylic acids is 1. The third kappa shape index (κ3) is 4.83. The summed E-state index contributed by atoms with van der Waals surface area (Å²) in [6.07, 6.45) is 2.74. The fourth-order valence-corrected chi connectivity index (χ4v) is 1.57. The van der Waals surface area contributed by atoms with Crippen molar-refractivity contribution in [3.05, 3.63) is 28.5 Å². The normalized spacial score (nSPS) is 11.9. The highest BCUT2D eigenvalue weighted by atomic mass is 79.9. The number of halogens is 1. The molecule has 18 heavy (non-hydrogen) atoms. The van der Waals surface area contributed by atoms with Crippen LogP contribution in [0.3, 0.4) is 0 Å². The van der Waals surface area contributed by atoms with E-state index in [0.29, 0.717) is 25.1 Å². The molecule has 0 fully saturated rings. The van der Waals surface area contributed by atoms with E-state index >= 15 is 0 Å². The molecule has 1 amide bonds. The quantitative estimate of drug-likeness (QED) is 0.788. The van der Waals surface area contributed by atoms with E-state index in [1.807, 2.05) is 0 Å². The Hall–Kier alpha value is -1.43. The summed E-state index contributed by atoms with van der Waals surface area (Å²) in [6.45, 7) is 2.11. The van der Waals surface area contributed by atoms with Crippen LogP contribution in [0.5, 0.6) is 0 Å². The molecule has 0 saturated carbocycles. The number of carboxylic acid groups (broad SMARTS) is 1. The molecule has 5 nitrogen and oxygen atoms in total. The molecule has 0 spiro atoms. The summed E-state index contributed by atoms with van der Waals surface area (Å²) in [5.74, 6) is -1.44. The SMILES string of the molecule is CC(CCCNC(=O)c1ccc(Br)cn1)C(=O)O. The predicted molar refractivity (Wildman–Crippen MR) is 70.3 cm³/mol. The van der Waals surface area contributed by atoms with Crippen molar-refractivity contribution in [1.29, 1.82) is 0 Å². The fourth-order valence-electron chi connectivity index (χ4n) is 1.33. The van der Waals surface area contributed by atoms with E-state index in [0.717, 1.165) is 4.47 Å². The van der Waals surface area contributed by atoms with Crippen molar-refractivity contribution >= 4 is 27.8 Å². The molecule has 0 aliphatic carbocycles. The molecule has 1 rings (SSSR count). The molecule has 1 aromatic heterocycles. The number of hydrogen-bond donors (Lipinski definition) is 2. The standard InChI is InChI=1S/C12H15BrN2O3/c1-8(12(17)18)3-2-6-14-11(16)10-5-4-9(13)7-15-10/h4-5,7-8H,2-3,6H2,1H3,(H,14,16)(H,17,18). The number of aliphatic carboxylic acids is 1. The maximum Gasteiger partial charge on any atom is 0.306 e. The lowest BCUT2D eigenvalue weighted by molar-refractivity contribution is -0.141. The summed E-state index contributed by atoms with van der Waals surface area (Å²) in [7, 11) is 0. The van der Waals surface area contributed by atoms with E-state index in [-0.39, 0.29) is 11.8 Å². The molecule has 1 aromatic rings. The van der Waals surface area contributed by atoms with Crippen LogP contribution in [0.25, 0.3) is 0 Å². The molecule has 0 aliphatic heterocycles. The van der Waals surface area contributed by atoms with Gasteiger partial charge in [-0.05, 0) is 40.9 Å². The van der Waals surface area contributed by atoms with Gasteiger partial charge in [-0.1, -0.05) is 6.92 Å². The Kier molecular flexibility index (Phi) is 5.77. The number of carbonyl (C=O) groups excluding carboxylic acids is 1. The number of nitrogens with one attached hydrogen (secondary N) is 1. The Bertz CT molecular complexity index is 420. The largest absolute Gasteiger partial charge is 0.481 e. The molecule has 98 valence electrons. The van der Waals surface area contributed by atoms with Crippen molar-refractivity contribution in [2.24, 2.45) is 5.92 Å². The van der Waals surface area contributed by atoms with E-state index in [2.05, 4.69) is 26.2 Å². The first-order valence-corrected chi connectivity index (χ1v) is 6.42. The fraction of sp³-hybridized carbons (Fsp3) is 0.417. The van der Waals surface area contributed by atoms with Gasteiger partial charge in [0, 0.05) is 17.2 Å². The minimum absolute atomic E-state index is 0.245. The second kappa shape index (κ2) is 7.10. The van der Waals surface area contributed by atoms with E-state index in [1.54, 1.807) is 25.3 Å². The number of nitrogens with zero attached hydrogens (tertiary/aromatic N) is 1. The molecule has 0 aliphatic rings. The van der Waals surface area contributed by atoms with Crippen LogP contribution in [0.2, 0.25) is 0 Å². The molecule has 1 heterocycles. The second-order valence-corrected chi connectivity index (χ2v) is 4.91. The van der Waals surface area contributed by atoms with Crippen LogP contribution in [-0.2, 0) is 4.79 Å². The first kappa shape index (κ1) is 14.6. The van der Waals surface area contributed by atoms with Gasteiger partial charge >= 0.3 is 5.97 Å². The number of rotatable bonds is 6. The monoisotopic (exact) mass is 314 g/mol. The van der Waals surface area contributed by atoms with E-state index in [1.165, 1.54) is 0 Å². The molecule has 0 bridgehead atoms. The van der Waals surface area contributed by atoms with E-state index in [4.69, 9.17) is 5.11 Å². The van der Waals surface area contributed by atoms with Gasteiger partial charge in [-0.2, -0.15) is 0 Å². The van der Waals surface area contributed by atoms with Crippen LogP contribution in [0, 0.1) is 5.92 Å². The lowest BCUT2D eigenvalue weighted by atomic mass is 10.1. The lowest BCUT2D eigenvalue weighted by Gasteiger charge is -2.07. The van der Waals surface area contributed by atoms with Crippen LogP contribution in [0.15, 0.2) is 22.8 Å². The van der Waals surface area contributed by atoms with E-state index in [9.17, 15) is 9.59 Å². The van der Waals surface area contributed by atoms with Crippen molar-refractivity contribution in [3.8, 4) is 0 Å². The number of aromatic nitrogens is 1. The third-order valence-corrected chi connectivity index (χ3v) is 2.95. The van der Waals surface area contributed by atoms with Gasteiger partial charge in [-0.15, -0.1) is 0 Å². The second-order valence-electron chi connectivity index (χ2n) is 4.00. The molecule has 0 aromatic carbocycles. The van der Waals surface area contributed by atoms with Gasteiger partial charge in [0.15, 0.2) is 0 Å². The zero-order valence-electron chi connectivity index (χ0n) is 10.0. The highest BCUT2D eigenvalue weighted by Crippen LogP contribution is 2.07. The summed E-state index contributed by atoms with van der Waals surface area (Å²) in [5.41, 5.74) is 0.351. The highest BCUT2D eigenvalue weighted by Gasteiger charge is 2.10. The minimum atomic E-state index is -0.809. The molecule has 1 unspecified atom stereocenters.